The Morgan fingerprint density at radius 3 is 2.74 bits per heavy atom. The maximum atomic E-state index is 13.1. The molecule has 2 aromatic rings. The minimum absolute atomic E-state index is 0.0296. The van der Waals surface area contributed by atoms with Crippen molar-refractivity contribution in [2.45, 2.75) is 58.2 Å². The number of nitrogens with zero attached hydrogens (tertiary/aromatic N) is 1. The van der Waals surface area contributed by atoms with Gasteiger partial charge in [-0.3, -0.25) is 9.59 Å². The van der Waals surface area contributed by atoms with Gasteiger partial charge in [-0.15, -0.1) is 0 Å². The molecule has 1 saturated carbocycles. The van der Waals surface area contributed by atoms with Crippen LogP contribution in [0.4, 0.5) is 5.69 Å². The van der Waals surface area contributed by atoms with E-state index in [0.717, 1.165) is 48.2 Å². The third-order valence-electron chi connectivity index (χ3n) is 6.15. The number of anilines is 1. The molecule has 1 fully saturated rings. The number of ether oxygens (including phenoxy) is 2. The number of carbonyl (C=O) groups excluding carboxylic acids is 2. The van der Waals surface area contributed by atoms with Gasteiger partial charge in [0.15, 0.2) is 6.10 Å². The lowest BCUT2D eigenvalue weighted by Crippen LogP contribution is -2.38. The fourth-order valence-corrected chi connectivity index (χ4v) is 4.40. The molecule has 6 nitrogen and oxygen atoms in total. The van der Waals surface area contributed by atoms with E-state index in [4.69, 9.17) is 9.47 Å². The molecule has 0 unspecified atom stereocenters. The molecule has 2 aromatic carbocycles. The summed E-state index contributed by atoms with van der Waals surface area (Å²) in [7, 11) is 1.63. The topological polar surface area (TPSA) is 67.9 Å². The largest absolute Gasteiger partial charge is 0.497 e. The number of hydrogen-bond acceptors (Lipinski definition) is 4. The maximum absolute atomic E-state index is 13.1. The Morgan fingerprint density at radius 1 is 1.19 bits per heavy atom. The number of rotatable bonds is 6. The molecule has 1 atom stereocenters. The van der Waals surface area contributed by atoms with Crippen molar-refractivity contribution in [2.24, 2.45) is 5.92 Å². The first-order chi connectivity index (χ1) is 15.1. The number of hydrogen-bond donors (Lipinski definition) is 1. The van der Waals surface area contributed by atoms with Crippen molar-refractivity contribution in [3.63, 3.8) is 0 Å². The van der Waals surface area contributed by atoms with Crippen LogP contribution in [0.5, 0.6) is 11.5 Å². The molecule has 0 saturated heterocycles. The third-order valence-corrected chi connectivity index (χ3v) is 6.15. The van der Waals surface area contributed by atoms with Gasteiger partial charge in [-0.2, -0.15) is 0 Å². The molecule has 1 heterocycles. The van der Waals surface area contributed by atoms with E-state index in [0.29, 0.717) is 25.3 Å². The van der Waals surface area contributed by atoms with E-state index in [1.54, 1.807) is 7.11 Å². The number of amides is 2. The number of methoxy groups -OCH3 is 1. The van der Waals surface area contributed by atoms with E-state index in [-0.39, 0.29) is 17.7 Å². The van der Waals surface area contributed by atoms with Gasteiger partial charge in [0.25, 0.3) is 5.91 Å². The summed E-state index contributed by atoms with van der Waals surface area (Å²) >= 11 is 0. The van der Waals surface area contributed by atoms with Gasteiger partial charge < -0.3 is 19.7 Å². The van der Waals surface area contributed by atoms with Gasteiger partial charge in [-0.1, -0.05) is 31.9 Å². The molecule has 2 amide bonds. The second-order valence-corrected chi connectivity index (χ2v) is 8.35. The van der Waals surface area contributed by atoms with Gasteiger partial charge in [0.2, 0.25) is 5.91 Å². The summed E-state index contributed by atoms with van der Waals surface area (Å²) in [6.45, 7) is 2.84. The lowest BCUT2D eigenvalue weighted by molar-refractivity contribution is -0.139. The molecule has 0 spiro atoms. The van der Waals surface area contributed by atoms with Crippen molar-refractivity contribution in [1.82, 2.24) is 4.90 Å². The maximum Gasteiger partial charge on any atom is 0.264 e. The standard InChI is InChI=1S/C25H30N2O4/c1-3-22-25(29)27(15-17-7-6-10-21(13-17)30-2)16-19-14-20(11-12-23(19)31-22)26-24(28)18-8-4-5-9-18/h6-7,10-14,18,22H,3-5,8-9,15-16H2,1-2H3,(H,26,28)/t22-/m1/s1. The van der Waals surface area contributed by atoms with Crippen LogP contribution in [0, 0.1) is 5.92 Å². The zero-order chi connectivity index (χ0) is 21.8. The van der Waals surface area contributed by atoms with E-state index in [1.807, 2.05) is 54.3 Å². The molecular formula is C25H30N2O4. The molecule has 4 rings (SSSR count). The van der Waals surface area contributed by atoms with Crippen LogP contribution in [0.25, 0.3) is 0 Å². The molecule has 31 heavy (non-hydrogen) atoms. The summed E-state index contributed by atoms with van der Waals surface area (Å²) in [4.78, 5) is 27.5. The van der Waals surface area contributed by atoms with Crippen molar-refractivity contribution in [3.05, 3.63) is 53.6 Å². The van der Waals surface area contributed by atoms with Crippen molar-refractivity contribution in [1.29, 1.82) is 0 Å². The Labute approximate surface area is 183 Å². The lowest BCUT2D eigenvalue weighted by atomic mass is 10.1. The molecular weight excluding hydrogens is 392 g/mol. The molecule has 164 valence electrons. The minimum atomic E-state index is -0.522. The van der Waals surface area contributed by atoms with Gasteiger partial charge in [0, 0.05) is 30.3 Å². The van der Waals surface area contributed by atoms with Crippen LogP contribution in [0.15, 0.2) is 42.5 Å². The fourth-order valence-electron chi connectivity index (χ4n) is 4.40. The highest BCUT2D eigenvalue weighted by Crippen LogP contribution is 2.31. The van der Waals surface area contributed by atoms with E-state index in [1.165, 1.54) is 0 Å². The van der Waals surface area contributed by atoms with Crippen LogP contribution in [-0.4, -0.2) is 29.9 Å². The van der Waals surface area contributed by atoms with Crippen molar-refractivity contribution in [3.8, 4) is 11.5 Å². The molecule has 1 N–H and O–H groups in total. The summed E-state index contributed by atoms with van der Waals surface area (Å²) in [5.41, 5.74) is 2.65. The number of benzene rings is 2. The summed E-state index contributed by atoms with van der Waals surface area (Å²) in [5.74, 6) is 1.62. The Kier molecular flexibility index (Phi) is 6.44. The van der Waals surface area contributed by atoms with Crippen LogP contribution in [0.2, 0.25) is 0 Å². The summed E-state index contributed by atoms with van der Waals surface area (Å²) in [6, 6.07) is 13.4. The Bertz CT molecular complexity index is 952. The molecule has 1 aliphatic carbocycles. The molecule has 0 bridgehead atoms. The highest BCUT2D eigenvalue weighted by Gasteiger charge is 2.30. The number of fused-ring (bicyclic) bond motifs is 1. The lowest BCUT2D eigenvalue weighted by Gasteiger charge is -2.23. The zero-order valence-electron chi connectivity index (χ0n) is 18.2. The Hall–Kier alpha value is -3.02. The average Bonchev–Trinajstić information content (AvgIpc) is 3.29. The highest BCUT2D eigenvalue weighted by molar-refractivity contribution is 5.93. The van der Waals surface area contributed by atoms with Gasteiger partial charge >= 0.3 is 0 Å². The first-order valence-electron chi connectivity index (χ1n) is 11.1. The van der Waals surface area contributed by atoms with Crippen LogP contribution < -0.4 is 14.8 Å². The first-order valence-corrected chi connectivity index (χ1v) is 11.1. The van der Waals surface area contributed by atoms with Crippen LogP contribution in [0.3, 0.4) is 0 Å². The molecule has 1 aliphatic heterocycles. The zero-order valence-corrected chi connectivity index (χ0v) is 18.2. The number of nitrogens with one attached hydrogen (secondary N) is 1. The van der Waals surface area contributed by atoms with E-state index < -0.39 is 6.10 Å². The SMILES string of the molecule is CC[C@H]1Oc2ccc(NC(=O)C3CCCC3)cc2CN(Cc2cccc(OC)c2)C1=O. The summed E-state index contributed by atoms with van der Waals surface area (Å²) in [6.07, 6.45) is 4.23. The van der Waals surface area contributed by atoms with Gasteiger partial charge in [0.1, 0.15) is 11.5 Å². The van der Waals surface area contributed by atoms with E-state index in [9.17, 15) is 9.59 Å². The van der Waals surface area contributed by atoms with Crippen LogP contribution in [-0.2, 0) is 22.7 Å². The highest BCUT2D eigenvalue weighted by atomic mass is 16.5. The third kappa shape index (κ3) is 4.84. The molecule has 0 aromatic heterocycles. The normalized spacial score (nSPS) is 18.8. The van der Waals surface area contributed by atoms with Crippen LogP contribution >= 0.6 is 0 Å². The second kappa shape index (κ2) is 9.41. The predicted octanol–water partition coefficient (Wildman–Crippen LogP) is 4.52. The Balaban J connectivity index is 1.56. The second-order valence-electron chi connectivity index (χ2n) is 8.35. The van der Waals surface area contributed by atoms with Crippen molar-refractivity contribution in [2.75, 3.05) is 12.4 Å². The van der Waals surface area contributed by atoms with E-state index in [2.05, 4.69) is 5.32 Å². The fraction of sp³-hybridized carbons (Fsp3) is 0.440. The quantitative estimate of drug-likeness (QED) is 0.743. The van der Waals surface area contributed by atoms with Crippen molar-refractivity contribution >= 4 is 17.5 Å². The first kappa shape index (κ1) is 21.2. The van der Waals surface area contributed by atoms with Crippen molar-refractivity contribution < 1.29 is 19.1 Å². The minimum Gasteiger partial charge on any atom is -0.497 e. The van der Waals surface area contributed by atoms with Crippen LogP contribution in [0.1, 0.15) is 50.2 Å². The summed E-state index contributed by atoms with van der Waals surface area (Å²) in [5, 5.41) is 3.06. The number of carbonyl (C=O) groups is 2. The molecule has 2 aliphatic rings. The molecule has 6 heteroatoms. The van der Waals surface area contributed by atoms with Gasteiger partial charge in [0.05, 0.1) is 7.11 Å². The summed E-state index contributed by atoms with van der Waals surface area (Å²) < 4.78 is 11.4. The average molecular weight is 423 g/mol. The van der Waals surface area contributed by atoms with E-state index >= 15 is 0 Å². The van der Waals surface area contributed by atoms with Gasteiger partial charge in [-0.05, 0) is 55.2 Å². The van der Waals surface area contributed by atoms with Gasteiger partial charge in [-0.25, -0.2) is 0 Å². The monoisotopic (exact) mass is 422 g/mol. The smallest absolute Gasteiger partial charge is 0.264 e. The predicted molar refractivity (Wildman–Crippen MR) is 119 cm³/mol. The molecule has 0 radical (unpaired) electrons. The Morgan fingerprint density at radius 2 is 2.00 bits per heavy atom.